The molecular formula is C15H19Cl2N3O. The van der Waals surface area contributed by atoms with Gasteiger partial charge in [-0.1, -0.05) is 23.2 Å². The third kappa shape index (κ3) is 3.19. The maximum Gasteiger partial charge on any atom is 0.238 e. The number of nitrogens with zero attached hydrogens (tertiary/aromatic N) is 1. The summed E-state index contributed by atoms with van der Waals surface area (Å²) in [6, 6.07) is 5.50. The smallest absolute Gasteiger partial charge is 0.238 e. The summed E-state index contributed by atoms with van der Waals surface area (Å²) in [6.45, 7) is 5.71. The Labute approximate surface area is 134 Å². The molecule has 1 aromatic rings. The van der Waals surface area contributed by atoms with Crippen LogP contribution in [0.15, 0.2) is 18.2 Å². The van der Waals surface area contributed by atoms with Gasteiger partial charge in [0.15, 0.2) is 0 Å². The first-order valence-electron chi connectivity index (χ1n) is 7.24. The molecule has 2 saturated heterocycles. The van der Waals surface area contributed by atoms with Crippen molar-refractivity contribution >= 4 is 34.8 Å². The number of halogens is 2. The van der Waals surface area contributed by atoms with Crippen molar-refractivity contribution in [1.29, 1.82) is 0 Å². The number of amides is 1. The molecule has 0 spiro atoms. The molecule has 1 amide bonds. The number of anilines is 1. The summed E-state index contributed by atoms with van der Waals surface area (Å²) in [5.74, 6) is 1.29. The molecule has 2 N–H and O–H groups in total. The van der Waals surface area contributed by atoms with Crippen molar-refractivity contribution in [3.05, 3.63) is 28.2 Å². The molecule has 2 aliphatic rings. The van der Waals surface area contributed by atoms with Gasteiger partial charge < -0.3 is 10.6 Å². The van der Waals surface area contributed by atoms with Crippen molar-refractivity contribution in [3.8, 4) is 0 Å². The SMILES string of the molecule is CC1C2CNCC2CN1CC(=O)Nc1cc(Cl)ccc1Cl. The minimum absolute atomic E-state index is 0.0426. The lowest BCUT2D eigenvalue weighted by Crippen LogP contribution is -2.38. The van der Waals surface area contributed by atoms with Crippen molar-refractivity contribution in [2.45, 2.75) is 13.0 Å². The highest BCUT2D eigenvalue weighted by Gasteiger charge is 2.42. The van der Waals surface area contributed by atoms with E-state index in [1.54, 1.807) is 18.2 Å². The molecule has 4 nitrogen and oxygen atoms in total. The monoisotopic (exact) mass is 327 g/mol. The van der Waals surface area contributed by atoms with E-state index in [-0.39, 0.29) is 5.91 Å². The van der Waals surface area contributed by atoms with Gasteiger partial charge in [-0.3, -0.25) is 9.69 Å². The summed E-state index contributed by atoms with van der Waals surface area (Å²) in [4.78, 5) is 14.5. The fourth-order valence-corrected chi connectivity index (χ4v) is 3.77. The van der Waals surface area contributed by atoms with Crippen LogP contribution in [0.2, 0.25) is 10.0 Å². The molecule has 21 heavy (non-hydrogen) atoms. The Morgan fingerprint density at radius 3 is 3.00 bits per heavy atom. The van der Waals surface area contributed by atoms with Crippen LogP contribution in [0.4, 0.5) is 5.69 Å². The summed E-state index contributed by atoms with van der Waals surface area (Å²) in [6.07, 6.45) is 0. The van der Waals surface area contributed by atoms with E-state index in [4.69, 9.17) is 23.2 Å². The third-order valence-corrected chi connectivity index (χ3v) is 5.17. The lowest BCUT2D eigenvalue weighted by atomic mass is 9.95. The van der Waals surface area contributed by atoms with Crippen LogP contribution in [0, 0.1) is 11.8 Å². The lowest BCUT2D eigenvalue weighted by molar-refractivity contribution is -0.117. The lowest BCUT2D eigenvalue weighted by Gasteiger charge is -2.23. The largest absolute Gasteiger partial charge is 0.324 e. The molecule has 0 saturated carbocycles. The fourth-order valence-electron chi connectivity index (χ4n) is 3.43. The Kier molecular flexibility index (Phi) is 4.41. The number of carbonyl (C=O) groups is 1. The predicted molar refractivity (Wildman–Crippen MR) is 86.0 cm³/mol. The third-order valence-electron chi connectivity index (χ3n) is 4.61. The van der Waals surface area contributed by atoms with Crippen LogP contribution < -0.4 is 10.6 Å². The predicted octanol–water partition coefficient (Wildman–Crippen LogP) is 2.47. The second-order valence-electron chi connectivity index (χ2n) is 5.92. The standard InChI is InChI=1S/C15H19Cl2N3O/c1-9-12-6-18-5-10(12)7-20(9)8-15(21)19-14-4-11(16)2-3-13(14)17/h2-4,9-10,12,18H,5-8H2,1H3,(H,19,21). The van der Waals surface area contributed by atoms with Crippen LogP contribution in [-0.2, 0) is 4.79 Å². The first kappa shape index (κ1) is 15.1. The van der Waals surface area contributed by atoms with E-state index in [1.807, 2.05) is 0 Å². The summed E-state index contributed by atoms with van der Waals surface area (Å²) in [7, 11) is 0. The minimum Gasteiger partial charge on any atom is -0.324 e. The van der Waals surface area contributed by atoms with E-state index < -0.39 is 0 Å². The number of hydrogen-bond acceptors (Lipinski definition) is 3. The second kappa shape index (κ2) is 6.13. The van der Waals surface area contributed by atoms with Crippen LogP contribution >= 0.6 is 23.2 Å². The highest BCUT2D eigenvalue weighted by molar-refractivity contribution is 6.35. The average Bonchev–Trinajstić information content (AvgIpc) is 2.99. The van der Waals surface area contributed by atoms with Gasteiger partial charge >= 0.3 is 0 Å². The molecule has 6 heteroatoms. The molecule has 0 aromatic heterocycles. The molecule has 0 radical (unpaired) electrons. The number of likely N-dealkylation sites (tertiary alicyclic amines) is 1. The molecule has 0 bridgehead atoms. The zero-order chi connectivity index (χ0) is 15.0. The van der Waals surface area contributed by atoms with E-state index in [9.17, 15) is 4.79 Å². The Balaban J connectivity index is 1.61. The molecule has 1 aromatic carbocycles. The summed E-state index contributed by atoms with van der Waals surface area (Å²) in [5.41, 5.74) is 0.572. The zero-order valence-electron chi connectivity index (χ0n) is 11.9. The van der Waals surface area contributed by atoms with Gasteiger partial charge in [0.05, 0.1) is 17.3 Å². The molecule has 3 atom stereocenters. The number of carbonyl (C=O) groups excluding carboxylic acids is 1. The quantitative estimate of drug-likeness (QED) is 0.896. The van der Waals surface area contributed by atoms with Gasteiger partial charge in [-0.25, -0.2) is 0 Å². The number of rotatable bonds is 3. The molecule has 2 fully saturated rings. The number of fused-ring (bicyclic) bond motifs is 1. The van der Waals surface area contributed by atoms with Gasteiger partial charge in [0, 0.05) is 17.6 Å². The van der Waals surface area contributed by atoms with E-state index in [0.29, 0.717) is 40.2 Å². The van der Waals surface area contributed by atoms with Gasteiger partial charge in [-0.05, 0) is 50.0 Å². The Morgan fingerprint density at radius 2 is 2.24 bits per heavy atom. The summed E-state index contributed by atoms with van der Waals surface area (Å²) in [5, 5.41) is 7.34. The van der Waals surface area contributed by atoms with Crippen molar-refractivity contribution in [1.82, 2.24) is 10.2 Å². The summed E-state index contributed by atoms with van der Waals surface area (Å²) < 4.78 is 0. The van der Waals surface area contributed by atoms with Gasteiger partial charge in [0.25, 0.3) is 0 Å². The first-order valence-corrected chi connectivity index (χ1v) is 8.00. The maximum absolute atomic E-state index is 12.2. The number of benzene rings is 1. The van der Waals surface area contributed by atoms with Crippen molar-refractivity contribution in [3.63, 3.8) is 0 Å². The zero-order valence-corrected chi connectivity index (χ0v) is 13.4. The molecule has 0 aliphatic carbocycles. The van der Waals surface area contributed by atoms with Crippen molar-refractivity contribution < 1.29 is 4.79 Å². The molecule has 3 unspecified atom stereocenters. The van der Waals surface area contributed by atoms with Gasteiger partial charge in [-0.15, -0.1) is 0 Å². The molecule has 2 heterocycles. The van der Waals surface area contributed by atoms with Crippen LogP contribution in [0.3, 0.4) is 0 Å². The maximum atomic E-state index is 12.2. The summed E-state index contributed by atoms with van der Waals surface area (Å²) >= 11 is 12.0. The van der Waals surface area contributed by atoms with Crippen LogP contribution in [0.25, 0.3) is 0 Å². The fraction of sp³-hybridized carbons (Fsp3) is 0.533. The van der Waals surface area contributed by atoms with Gasteiger partial charge in [0.2, 0.25) is 5.91 Å². The van der Waals surface area contributed by atoms with E-state index in [0.717, 1.165) is 19.6 Å². The number of hydrogen-bond donors (Lipinski definition) is 2. The number of nitrogens with one attached hydrogen (secondary N) is 2. The average molecular weight is 328 g/mol. The van der Waals surface area contributed by atoms with Gasteiger partial charge in [0.1, 0.15) is 0 Å². The van der Waals surface area contributed by atoms with E-state index in [2.05, 4.69) is 22.5 Å². The molecule has 3 rings (SSSR count). The Bertz CT molecular complexity index is 552. The highest BCUT2D eigenvalue weighted by atomic mass is 35.5. The first-order chi connectivity index (χ1) is 10.0. The van der Waals surface area contributed by atoms with Crippen LogP contribution in [-0.4, -0.2) is 43.0 Å². The molecular weight excluding hydrogens is 309 g/mol. The van der Waals surface area contributed by atoms with Gasteiger partial charge in [-0.2, -0.15) is 0 Å². The topological polar surface area (TPSA) is 44.4 Å². The molecule has 114 valence electrons. The highest BCUT2D eigenvalue weighted by Crippen LogP contribution is 2.32. The molecule has 2 aliphatic heterocycles. The van der Waals surface area contributed by atoms with E-state index >= 15 is 0 Å². The second-order valence-corrected chi connectivity index (χ2v) is 6.77. The normalized spacial score (nSPS) is 28.6. The Hall–Kier alpha value is -0.810. The van der Waals surface area contributed by atoms with E-state index in [1.165, 1.54) is 0 Å². The van der Waals surface area contributed by atoms with Crippen molar-refractivity contribution in [2.24, 2.45) is 11.8 Å². The van der Waals surface area contributed by atoms with Crippen LogP contribution in [0.5, 0.6) is 0 Å². The Morgan fingerprint density at radius 1 is 1.43 bits per heavy atom. The minimum atomic E-state index is -0.0426. The van der Waals surface area contributed by atoms with Crippen molar-refractivity contribution in [2.75, 3.05) is 31.5 Å². The van der Waals surface area contributed by atoms with Crippen LogP contribution in [0.1, 0.15) is 6.92 Å².